The minimum Gasteiger partial charge on any atom is -0.462 e. The number of hydrogen-bond acceptors (Lipinski definition) is 4. The molecule has 0 aliphatic heterocycles. The van der Waals surface area contributed by atoms with Gasteiger partial charge in [-0.3, -0.25) is 4.79 Å². The molecule has 1 fully saturated rings. The van der Waals surface area contributed by atoms with Gasteiger partial charge >= 0.3 is 5.97 Å². The van der Waals surface area contributed by atoms with Crippen LogP contribution in [0.1, 0.15) is 73.2 Å². The van der Waals surface area contributed by atoms with Gasteiger partial charge in [0.15, 0.2) is 6.54 Å². The molecule has 2 atom stereocenters. The summed E-state index contributed by atoms with van der Waals surface area (Å²) < 4.78 is 5.29. The third-order valence-corrected chi connectivity index (χ3v) is 7.16. The molecule has 0 saturated heterocycles. The quantitative estimate of drug-likeness (QED) is 0.731. The van der Waals surface area contributed by atoms with Crippen molar-refractivity contribution in [3.63, 3.8) is 0 Å². The Morgan fingerprint density at radius 1 is 1.22 bits per heavy atom. The maximum absolute atomic E-state index is 12.7. The Kier molecular flexibility index (Phi) is 6.93. The van der Waals surface area contributed by atoms with Crippen LogP contribution in [0.4, 0.5) is 5.00 Å². The third-order valence-electron chi connectivity index (χ3n) is 5.99. The summed E-state index contributed by atoms with van der Waals surface area (Å²) in [6.07, 6.45) is 9.23. The number of thiophene rings is 1. The second-order valence-corrected chi connectivity index (χ2v) is 9.29. The van der Waals surface area contributed by atoms with Gasteiger partial charge in [0, 0.05) is 4.88 Å². The van der Waals surface area contributed by atoms with Crippen molar-refractivity contribution in [1.29, 1.82) is 0 Å². The summed E-state index contributed by atoms with van der Waals surface area (Å²) >= 11 is 1.57. The first-order valence-corrected chi connectivity index (χ1v) is 11.2. The number of likely N-dealkylation sites (N-methyl/N-ethyl adjacent to an activating group) is 1. The van der Waals surface area contributed by atoms with E-state index in [0.717, 1.165) is 24.8 Å². The average molecular weight is 394 g/mol. The lowest BCUT2D eigenvalue weighted by Gasteiger charge is -2.27. The van der Waals surface area contributed by atoms with Crippen LogP contribution in [-0.4, -0.2) is 38.1 Å². The lowest BCUT2D eigenvalue weighted by atomic mass is 9.88. The Labute approximate surface area is 166 Å². The van der Waals surface area contributed by atoms with E-state index in [1.54, 1.807) is 11.3 Å². The highest BCUT2D eigenvalue weighted by Gasteiger charge is 2.30. The summed E-state index contributed by atoms with van der Waals surface area (Å²) in [5.41, 5.74) is 1.70. The number of rotatable bonds is 6. The third kappa shape index (κ3) is 4.91. The van der Waals surface area contributed by atoms with E-state index in [0.29, 0.717) is 35.7 Å². The van der Waals surface area contributed by atoms with Crippen LogP contribution in [0.2, 0.25) is 0 Å². The summed E-state index contributed by atoms with van der Waals surface area (Å²) in [5.74, 6) is 0.319. The van der Waals surface area contributed by atoms with E-state index in [1.807, 2.05) is 6.92 Å². The number of carbonyl (C=O) groups excluding carboxylic acids is 2. The monoisotopic (exact) mass is 393 g/mol. The predicted octanol–water partition coefficient (Wildman–Crippen LogP) is 2.84. The van der Waals surface area contributed by atoms with Gasteiger partial charge in [0.25, 0.3) is 5.91 Å². The summed E-state index contributed by atoms with van der Waals surface area (Å²) in [4.78, 5) is 27.8. The average Bonchev–Trinajstić information content (AvgIpc) is 2.99. The number of ether oxygens (including phenoxy) is 1. The van der Waals surface area contributed by atoms with Crippen molar-refractivity contribution in [2.24, 2.45) is 5.92 Å². The molecule has 0 spiro atoms. The van der Waals surface area contributed by atoms with Gasteiger partial charge in [0.05, 0.1) is 25.3 Å². The molecule has 1 unspecified atom stereocenters. The van der Waals surface area contributed by atoms with Crippen LogP contribution >= 0.6 is 11.3 Å². The van der Waals surface area contributed by atoms with Crippen molar-refractivity contribution < 1.29 is 19.2 Å². The molecule has 1 aromatic heterocycles. The lowest BCUT2D eigenvalue weighted by Crippen LogP contribution is -3.14. The summed E-state index contributed by atoms with van der Waals surface area (Å²) in [6, 6.07) is 0.575. The van der Waals surface area contributed by atoms with E-state index in [4.69, 9.17) is 4.74 Å². The zero-order valence-electron chi connectivity index (χ0n) is 16.9. The van der Waals surface area contributed by atoms with Gasteiger partial charge in [-0.05, 0) is 63.4 Å². The molecule has 0 radical (unpaired) electrons. The molecule has 0 aromatic carbocycles. The molecule has 1 heterocycles. The number of nitrogens with one attached hydrogen (secondary N) is 2. The molecule has 5 nitrogen and oxygen atoms in total. The first kappa shape index (κ1) is 20.3. The minimum atomic E-state index is -0.298. The normalized spacial score (nSPS) is 21.4. The minimum absolute atomic E-state index is 0.00438. The van der Waals surface area contributed by atoms with E-state index in [1.165, 1.54) is 41.9 Å². The van der Waals surface area contributed by atoms with Crippen LogP contribution < -0.4 is 10.2 Å². The first-order chi connectivity index (χ1) is 13.0. The maximum Gasteiger partial charge on any atom is 0.341 e. The standard InChI is InChI=1S/C21H32N2O3S/c1-4-26-21(25)19-16-11-10-14(2)12-17(16)27-20(19)22-18(24)13-23(3)15-8-6-5-7-9-15/h14-15H,4-13H2,1-3H3,(H,22,24)/p+1/t14-/m1/s1. The highest BCUT2D eigenvalue weighted by molar-refractivity contribution is 7.17. The van der Waals surface area contributed by atoms with Gasteiger partial charge in [-0.2, -0.15) is 0 Å². The molecule has 1 aromatic rings. The van der Waals surface area contributed by atoms with Crippen molar-refractivity contribution >= 4 is 28.2 Å². The van der Waals surface area contributed by atoms with Crippen LogP contribution in [0.15, 0.2) is 0 Å². The number of hydrogen-bond donors (Lipinski definition) is 2. The van der Waals surface area contributed by atoms with E-state index in [9.17, 15) is 9.59 Å². The van der Waals surface area contributed by atoms with Gasteiger partial charge in [-0.1, -0.05) is 13.3 Å². The smallest absolute Gasteiger partial charge is 0.341 e. The largest absolute Gasteiger partial charge is 0.462 e. The second-order valence-electron chi connectivity index (χ2n) is 8.18. The fraction of sp³-hybridized carbons (Fsp3) is 0.714. The van der Waals surface area contributed by atoms with E-state index >= 15 is 0 Å². The molecular weight excluding hydrogens is 360 g/mol. The molecule has 6 heteroatoms. The van der Waals surface area contributed by atoms with Crippen molar-refractivity contribution in [2.75, 3.05) is 25.5 Å². The van der Waals surface area contributed by atoms with Gasteiger partial charge in [-0.25, -0.2) is 4.79 Å². The van der Waals surface area contributed by atoms with E-state index < -0.39 is 0 Å². The lowest BCUT2D eigenvalue weighted by molar-refractivity contribution is -0.899. The molecule has 1 amide bonds. The molecule has 0 bridgehead atoms. The molecule has 2 N–H and O–H groups in total. The fourth-order valence-electron chi connectivity index (χ4n) is 4.42. The SMILES string of the molecule is CCOC(=O)c1c(NC(=O)C[NH+](C)C2CCCCC2)sc2c1CC[C@@H](C)C2. The number of quaternary nitrogens is 1. The van der Waals surface area contributed by atoms with Gasteiger partial charge in [0.2, 0.25) is 0 Å². The molecule has 2 aliphatic rings. The van der Waals surface area contributed by atoms with Crippen molar-refractivity contribution in [3.05, 3.63) is 16.0 Å². The number of carbonyl (C=O) groups is 2. The van der Waals surface area contributed by atoms with Crippen LogP contribution in [-0.2, 0) is 22.4 Å². The highest BCUT2D eigenvalue weighted by atomic mass is 32.1. The topological polar surface area (TPSA) is 59.8 Å². The molecule has 1 saturated carbocycles. The fourth-order valence-corrected chi connectivity index (χ4v) is 5.84. The maximum atomic E-state index is 12.7. The molecule has 150 valence electrons. The van der Waals surface area contributed by atoms with Crippen molar-refractivity contribution in [1.82, 2.24) is 0 Å². The van der Waals surface area contributed by atoms with Crippen LogP contribution in [0.5, 0.6) is 0 Å². The zero-order valence-corrected chi connectivity index (χ0v) is 17.7. The van der Waals surface area contributed by atoms with E-state index in [-0.39, 0.29) is 11.9 Å². The van der Waals surface area contributed by atoms with Crippen LogP contribution in [0.3, 0.4) is 0 Å². The zero-order chi connectivity index (χ0) is 19.4. The van der Waals surface area contributed by atoms with Crippen molar-refractivity contribution in [3.8, 4) is 0 Å². The first-order valence-electron chi connectivity index (χ1n) is 10.4. The number of anilines is 1. The van der Waals surface area contributed by atoms with E-state index in [2.05, 4.69) is 19.3 Å². The second kappa shape index (κ2) is 9.20. The summed E-state index contributed by atoms with van der Waals surface area (Å²) in [7, 11) is 2.11. The van der Waals surface area contributed by atoms with Gasteiger partial charge < -0.3 is 15.0 Å². The van der Waals surface area contributed by atoms with Crippen LogP contribution in [0, 0.1) is 5.92 Å². The number of fused-ring (bicyclic) bond motifs is 1. The number of amides is 1. The molecule has 27 heavy (non-hydrogen) atoms. The Morgan fingerprint density at radius 2 is 1.96 bits per heavy atom. The number of esters is 1. The highest BCUT2D eigenvalue weighted by Crippen LogP contribution is 2.40. The Bertz CT molecular complexity index is 679. The Morgan fingerprint density at radius 3 is 2.67 bits per heavy atom. The Hall–Kier alpha value is -1.40. The molecule has 3 rings (SSSR count). The van der Waals surface area contributed by atoms with Gasteiger partial charge in [-0.15, -0.1) is 11.3 Å². The molecule has 2 aliphatic carbocycles. The van der Waals surface area contributed by atoms with Crippen LogP contribution in [0.25, 0.3) is 0 Å². The summed E-state index contributed by atoms with van der Waals surface area (Å²) in [6.45, 7) is 4.86. The van der Waals surface area contributed by atoms with Crippen molar-refractivity contribution in [2.45, 2.75) is 71.3 Å². The summed E-state index contributed by atoms with van der Waals surface area (Å²) in [5, 5.41) is 3.74. The molecular formula is C21H33N2O3S+. The predicted molar refractivity (Wildman–Crippen MR) is 109 cm³/mol. The van der Waals surface area contributed by atoms with Gasteiger partial charge in [0.1, 0.15) is 5.00 Å². The Balaban J connectivity index is 1.73.